The first-order chi connectivity index (χ1) is 14.4. The number of carbonyl (C=O) groups excluding carboxylic acids is 1. The number of carbonyl (C=O) groups is 1. The molecule has 1 heterocycles. The van der Waals surface area contributed by atoms with Crippen LogP contribution in [0.3, 0.4) is 0 Å². The Balaban J connectivity index is 1.74. The second-order valence-electron chi connectivity index (χ2n) is 6.93. The van der Waals surface area contributed by atoms with Crippen LogP contribution in [0.2, 0.25) is 5.02 Å². The molecule has 1 aromatic heterocycles. The highest BCUT2D eigenvalue weighted by atomic mass is 35.5. The van der Waals surface area contributed by atoms with E-state index in [1.54, 1.807) is 28.9 Å². The van der Waals surface area contributed by atoms with E-state index in [-0.39, 0.29) is 11.6 Å². The molecule has 3 aromatic carbocycles. The number of aryl methyl sites for hydroxylation is 2. The Hall–Kier alpha value is -3.51. The fourth-order valence-electron chi connectivity index (χ4n) is 2.92. The fourth-order valence-corrected chi connectivity index (χ4v) is 3.10. The van der Waals surface area contributed by atoms with Crippen molar-refractivity contribution in [2.24, 2.45) is 0 Å². The minimum Gasteiger partial charge on any atom is -0.319 e. The van der Waals surface area contributed by atoms with Gasteiger partial charge in [-0.05, 0) is 67.9 Å². The van der Waals surface area contributed by atoms with E-state index < -0.39 is 5.91 Å². The summed E-state index contributed by atoms with van der Waals surface area (Å²) in [5, 5.41) is 7.73. The summed E-state index contributed by atoms with van der Waals surface area (Å²) >= 11 is 6.14. The molecule has 0 aliphatic heterocycles. The van der Waals surface area contributed by atoms with Crippen molar-refractivity contribution in [3.05, 3.63) is 94.5 Å². The highest BCUT2D eigenvalue weighted by Crippen LogP contribution is 2.23. The van der Waals surface area contributed by atoms with Crippen LogP contribution in [0.4, 0.5) is 10.1 Å². The molecule has 0 bridgehead atoms. The summed E-state index contributed by atoms with van der Waals surface area (Å²) in [6.07, 6.45) is 0. The third-order valence-corrected chi connectivity index (χ3v) is 5.03. The van der Waals surface area contributed by atoms with Crippen LogP contribution in [0.25, 0.3) is 17.1 Å². The van der Waals surface area contributed by atoms with Crippen molar-refractivity contribution in [2.45, 2.75) is 13.8 Å². The largest absolute Gasteiger partial charge is 0.319 e. The third kappa shape index (κ3) is 4.09. The van der Waals surface area contributed by atoms with Gasteiger partial charge in [0, 0.05) is 16.3 Å². The molecule has 0 saturated carbocycles. The SMILES string of the molecule is Cc1ccc(-n2nc(C(=O)Nc3ccc(C)c(Cl)c3)nc2-c2ccc(F)cc2)cc1. The summed E-state index contributed by atoms with van der Waals surface area (Å²) in [5.74, 6) is -0.393. The molecule has 0 spiro atoms. The van der Waals surface area contributed by atoms with Crippen molar-refractivity contribution < 1.29 is 9.18 Å². The van der Waals surface area contributed by atoms with Crippen molar-refractivity contribution >= 4 is 23.2 Å². The van der Waals surface area contributed by atoms with E-state index in [0.717, 1.165) is 16.8 Å². The monoisotopic (exact) mass is 420 g/mol. The predicted octanol–water partition coefficient (Wildman–Crippen LogP) is 5.60. The van der Waals surface area contributed by atoms with Gasteiger partial charge in [-0.2, -0.15) is 0 Å². The van der Waals surface area contributed by atoms with Crippen LogP contribution in [0.15, 0.2) is 66.7 Å². The molecule has 30 heavy (non-hydrogen) atoms. The van der Waals surface area contributed by atoms with Crippen LogP contribution in [0.5, 0.6) is 0 Å². The molecule has 1 amide bonds. The van der Waals surface area contributed by atoms with Crippen LogP contribution in [0, 0.1) is 19.7 Å². The van der Waals surface area contributed by atoms with Crippen molar-refractivity contribution in [1.82, 2.24) is 14.8 Å². The minimum absolute atomic E-state index is 0.00778. The predicted molar refractivity (Wildman–Crippen MR) is 116 cm³/mol. The summed E-state index contributed by atoms with van der Waals surface area (Å²) in [4.78, 5) is 17.2. The summed E-state index contributed by atoms with van der Waals surface area (Å²) in [7, 11) is 0. The number of amides is 1. The van der Waals surface area contributed by atoms with E-state index >= 15 is 0 Å². The van der Waals surface area contributed by atoms with E-state index in [1.165, 1.54) is 12.1 Å². The Kier molecular flexibility index (Phi) is 5.33. The van der Waals surface area contributed by atoms with Crippen molar-refractivity contribution in [1.29, 1.82) is 0 Å². The Morgan fingerprint density at radius 3 is 2.37 bits per heavy atom. The number of benzene rings is 3. The molecule has 5 nitrogen and oxygen atoms in total. The Morgan fingerprint density at radius 2 is 1.70 bits per heavy atom. The molecule has 0 radical (unpaired) electrons. The molecule has 0 aliphatic rings. The van der Waals surface area contributed by atoms with Crippen molar-refractivity contribution in [3.8, 4) is 17.1 Å². The van der Waals surface area contributed by atoms with Crippen LogP contribution < -0.4 is 5.32 Å². The number of nitrogens with one attached hydrogen (secondary N) is 1. The minimum atomic E-state index is -0.468. The Bertz CT molecular complexity index is 1150. The van der Waals surface area contributed by atoms with Gasteiger partial charge < -0.3 is 5.32 Å². The van der Waals surface area contributed by atoms with Crippen molar-refractivity contribution in [2.75, 3.05) is 5.32 Å². The van der Waals surface area contributed by atoms with Crippen LogP contribution >= 0.6 is 11.6 Å². The van der Waals surface area contributed by atoms with Gasteiger partial charge in [-0.25, -0.2) is 14.1 Å². The molecule has 0 aliphatic carbocycles. The van der Waals surface area contributed by atoms with Gasteiger partial charge >= 0.3 is 0 Å². The van der Waals surface area contributed by atoms with Crippen LogP contribution in [-0.4, -0.2) is 20.7 Å². The highest BCUT2D eigenvalue weighted by Gasteiger charge is 2.19. The average Bonchev–Trinajstić information content (AvgIpc) is 3.17. The first kappa shape index (κ1) is 19.8. The summed E-state index contributed by atoms with van der Waals surface area (Å²) in [5.41, 5.74) is 3.93. The van der Waals surface area contributed by atoms with Gasteiger partial charge in [0.15, 0.2) is 5.82 Å². The van der Waals surface area contributed by atoms with Gasteiger partial charge in [-0.1, -0.05) is 35.4 Å². The molecular formula is C23H18ClFN4O. The zero-order valence-corrected chi connectivity index (χ0v) is 17.1. The Morgan fingerprint density at radius 1 is 1.00 bits per heavy atom. The molecular weight excluding hydrogens is 403 g/mol. The highest BCUT2D eigenvalue weighted by molar-refractivity contribution is 6.31. The maximum Gasteiger partial charge on any atom is 0.295 e. The van der Waals surface area contributed by atoms with Gasteiger partial charge in [-0.15, -0.1) is 5.10 Å². The standard InChI is InChI=1S/C23H18ClFN4O/c1-14-3-11-19(12-4-14)29-22(16-6-8-17(25)9-7-16)27-21(28-29)23(30)26-18-10-5-15(2)20(24)13-18/h3-13H,1-2H3,(H,26,30). The van der Waals surface area contributed by atoms with E-state index in [0.29, 0.717) is 22.1 Å². The first-order valence-corrected chi connectivity index (χ1v) is 9.66. The van der Waals surface area contributed by atoms with E-state index in [1.807, 2.05) is 44.2 Å². The molecule has 1 N–H and O–H groups in total. The zero-order chi connectivity index (χ0) is 21.3. The summed E-state index contributed by atoms with van der Waals surface area (Å²) < 4.78 is 15.0. The van der Waals surface area contributed by atoms with Gasteiger partial charge in [0.2, 0.25) is 5.82 Å². The maximum atomic E-state index is 13.4. The Labute approximate surface area is 178 Å². The third-order valence-electron chi connectivity index (χ3n) is 4.62. The topological polar surface area (TPSA) is 59.8 Å². The fraction of sp³-hybridized carbons (Fsp3) is 0.0870. The van der Waals surface area contributed by atoms with Gasteiger partial charge in [0.05, 0.1) is 5.69 Å². The van der Waals surface area contributed by atoms with Gasteiger partial charge in [-0.3, -0.25) is 4.79 Å². The number of hydrogen-bond donors (Lipinski definition) is 1. The summed E-state index contributed by atoms with van der Waals surface area (Å²) in [6, 6.07) is 18.8. The van der Waals surface area contributed by atoms with Crippen LogP contribution in [-0.2, 0) is 0 Å². The van der Waals surface area contributed by atoms with Crippen molar-refractivity contribution in [3.63, 3.8) is 0 Å². The lowest BCUT2D eigenvalue weighted by Crippen LogP contribution is -2.14. The zero-order valence-electron chi connectivity index (χ0n) is 16.4. The second-order valence-corrected chi connectivity index (χ2v) is 7.34. The molecule has 4 rings (SSSR count). The smallest absolute Gasteiger partial charge is 0.295 e. The molecule has 0 unspecified atom stereocenters. The molecule has 0 atom stereocenters. The molecule has 0 saturated heterocycles. The number of nitrogens with zero attached hydrogens (tertiary/aromatic N) is 3. The molecule has 150 valence electrons. The number of aromatic nitrogens is 3. The average molecular weight is 421 g/mol. The lowest BCUT2D eigenvalue weighted by atomic mass is 10.2. The van der Waals surface area contributed by atoms with Gasteiger partial charge in [0.1, 0.15) is 5.82 Å². The maximum absolute atomic E-state index is 13.4. The van der Waals surface area contributed by atoms with E-state index in [4.69, 9.17) is 11.6 Å². The van der Waals surface area contributed by atoms with Gasteiger partial charge in [0.25, 0.3) is 5.91 Å². The molecule has 7 heteroatoms. The number of rotatable bonds is 4. The number of hydrogen-bond acceptors (Lipinski definition) is 3. The number of halogens is 2. The lowest BCUT2D eigenvalue weighted by Gasteiger charge is -2.06. The van der Waals surface area contributed by atoms with E-state index in [2.05, 4.69) is 15.4 Å². The number of anilines is 1. The first-order valence-electron chi connectivity index (χ1n) is 9.28. The molecule has 4 aromatic rings. The van der Waals surface area contributed by atoms with Crippen LogP contribution in [0.1, 0.15) is 21.7 Å². The lowest BCUT2D eigenvalue weighted by molar-refractivity contribution is 0.101. The normalized spacial score (nSPS) is 10.8. The second kappa shape index (κ2) is 8.08. The van der Waals surface area contributed by atoms with E-state index in [9.17, 15) is 9.18 Å². The molecule has 0 fully saturated rings. The quantitative estimate of drug-likeness (QED) is 0.467. The summed E-state index contributed by atoms with van der Waals surface area (Å²) in [6.45, 7) is 3.87.